The molecule has 0 bridgehead atoms. The number of amides is 2. The number of para-hydroxylation sites is 1. The zero-order chi connectivity index (χ0) is 22.9. The third kappa shape index (κ3) is 7.32. The van der Waals surface area contributed by atoms with Crippen molar-refractivity contribution in [3.63, 3.8) is 0 Å². The van der Waals surface area contributed by atoms with Crippen molar-refractivity contribution >= 4 is 11.8 Å². The van der Waals surface area contributed by atoms with Crippen LogP contribution in [-0.2, 0) is 16.1 Å². The van der Waals surface area contributed by atoms with Gasteiger partial charge in [0.1, 0.15) is 5.75 Å². The van der Waals surface area contributed by atoms with Crippen LogP contribution in [0.4, 0.5) is 0 Å². The first-order chi connectivity index (χ1) is 16.2. The number of carbonyl (C=O) groups excluding carboxylic acids is 2. The van der Waals surface area contributed by atoms with E-state index in [-0.39, 0.29) is 24.5 Å². The number of hydrogen-bond acceptors (Lipinski definition) is 4. The van der Waals surface area contributed by atoms with E-state index in [9.17, 15) is 9.59 Å². The molecule has 2 aromatic carbocycles. The van der Waals surface area contributed by atoms with Gasteiger partial charge in [0.15, 0.2) is 6.61 Å². The van der Waals surface area contributed by atoms with E-state index in [0.717, 1.165) is 64.2 Å². The summed E-state index contributed by atoms with van der Waals surface area (Å²) in [7, 11) is 0. The fourth-order valence-corrected chi connectivity index (χ4v) is 4.79. The van der Waals surface area contributed by atoms with Crippen LogP contribution >= 0.6 is 0 Å². The fraction of sp³-hybridized carbons (Fsp3) is 0.481. The van der Waals surface area contributed by atoms with Crippen LogP contribution in [0.2, 0.25) is 0 Å². The Morgan fingerprint density at radius 3 is 2.33 bits per heavy atom. The van der Waals surface area contributed by atoms with Crippen molar-refractivity contribution in [3.05, 3.63) is 66.2 Å². The van der Waals surface area contributed by atoms with Gasteiger partial charge in [0.2, 0.25) is 5.91 Å². The molecule has 176 valence electrons. The van der Waals surface area contributed by atoms with E-state index in [0.29, 0.717) is 12.3 Å². The predicted molar refractivity (Wildman–Crippen MR) is 129 cm³/mol. The van der Waals surface area contributed by atoms with Crippen LogP contribution < -0.4 is 10.1 Å². The third-order valence-electron chi connectivity index (χ3n) is 6.74. The highest BCUT2D eigenvalue weighted by Crippen LogP contribution is 2.22. The largest absolute Gasteiger partial charge is 0.484 e. The molecule has 2 heterocycles. The Morgan fingerprint density at radius 1 is 0.909 bits per heavy atom. The van der Waals surface area contributed by atoms with Crippen molar-refractivity contribution < 1.29 is 14.3 Å². The molecule has 0 radical (unpaired) electrons. The summed E-state index contributed by atoms with van der Waals surface area (Å²) in [4.78, 5) is 29.2. The molecule has 6 heteroatoms. The molecule has 0 saturated carbocycles. The maximum Gasteiger partial charge on any atom is 0.260 e. The molecule has 33 heavy (non-hydrogen) atoms. The van der Waals surface area contributed by atoms with E-state index in [2.05, 4.69) is 34.5 Å². The topological polar surface area (TPSA) is 61.9 Å². The monoisotopic (exact) mass is 449 g/mol. The fourth-order valence-electron chi connectivity index (χ4n) is 4.79. The van der Waals surface area contributed by atoms with E-state index in [1.807, 2.05) is 41.3 Å². The standard InChI is InChI=1S/C27H35N3O3/c31-26(28-24-15-16-29(20-24)19-23-7-3-1-4-8-23)12-11-22-13-17-30(18-14-22)27(32)21-33-25-9-5-2-6-10-25/h1-10,22,24H,11-21H2,(H,28,31). The summed E-state index contributed by atoms with van der Waals surface area (Å²) in [6.45, 7) is 4.48. The number of ether oxygens (including phenoxy) is 1. The van der Waals surface area contributed by atoms with Gasteiger partial charge in [-0.05, 0) is 49.3 Å². The van der Waals surface area contributed by atoms with Gasteiger partial charge in [-0.3, -0.25) is 14.5 Å². The maximum absolute atomic E-state index is 12.5. The Labute approximate surface area is 196 Å². The zero-order valence-electron chi connectivity index (χ0n) is 19.3. The predicted octanol–water partition coefficient (Wildman–Crippen LogP) is 3.47. The average molecular weight is 450 g/mol. The van der Waals surface area contributed by atoms with Gasteiger partial charge >= 0.3 is 0 Å². The number of likely N-dealkylation sites (tertiary alicyclic amines) is 2. The van der Waals surface area contributed by atoms with E-state index >= 15 is 0 Å². The highest BCUT2D eigenvalue weighted by Gasteiger charge is 2.26. The van der Waals surface area contributed by atoms with Crippen molar-refractivity contribution in [2.75, 3.05) is 32.8 Å². The molecule has 1 unspecified atom stereocenters. The average Bonchev–Trinajstić information content (AvgIpc) is 3.29. The molecule has 2 amide bonds. The van der Waals surface area contributed by atoms with Gasteiger partial charge in [-0.1, -0.05) is 48.5 Å². The van der Waals surface area contributed by atoms with E-state index in [4.69, 9.17) is 4.74 Å². The summed E-state index contributed by atoms with van der Waals surface area (Å²) in [6.07, 6.45) is 4.40. The SMILES string of the molecule is O=C(CCC1CCN(C(=O)COc2ccccc2)CC1)NC1CCN(Cc2ccccc2)C1. The van der Waals surface area contributed by atoms with Gasteiger partial charge in [-0.15, -0.1) is 0 Å². The summed E-state index contributed by atoms with van der Waals surface area (Å²) < 4.78 is 5.58. The number of hydrogen-bond donors (Lipinski definition) is 1. The Morgan fingerprint density at radius 2 is 1.61 bits per heavy atom. The van der Waals surface area contributed by atoms with Crippen LogP contribution in [0.5, 0.6) is 5.75 Å². The highest BCUT2D eigenvalue weighted by atomic mass is 16.5. The zero-order valence-corrected chi connectivity index (χ0v) is 19.3. The maximum atomic E-state index is 12.5. The molecule has 0 aliphatic carbocycles. The Kier molecular flexibility index (Phi) is 8.36. The molecule has 1 N–H and O–H groups in total. The number of benzene rings is 2. The number of piperidine rings is 1. The smallest absolute Gasteiger partial charge is 0.260 e. The second-order valence-electron chi connectivity index (χ2n) is 9.24. The Bertz CT molecular complexity index is 882. The van der Waals surface area contributed by atoms with Crippen LogP contribution in [0.25, 0.3) is 0 Å². The second kappa shape index (κ2) is 11.8. The first-order valence-electron chi connectivity index (χ1n) is 12.2. The Balaban J connectivity index is 1.09. The minimum Gasteiger partial charge on any atom is -0.484 e. The molecule has 4 rings (SSSR count). The second-order valence-corrected chi connectivity index (χ2v) is 9.24. The van der Waals surface area contributed by atoms with Gasteiger partial charge in [0.25, 0.3) is 5.91 Å². The van der Waals surface area contributed by atoms with E-state index in [1.54, 1.807) is 0 Å². The first-order valence-corrected chi connectivity index (χ1v) is 12.2. The molecule has 0 aromatic heterocycles. The van der Waals surface area contributed by atoms with E-state index < -0.39 is 0 Å². The molecule has 2 aliphatic heterocycles. The van der Waals surface area contributed by atoms with Gasteiger partial charge in [-0.25, -0.2) is 0 Å². The van der Waals surface area contributed by atoms with Gasteiger partial charge in [-0.2, -0.15) is 0 Å². The third-order valence-corrected chi connectivity index (χ3v) is 6.74. The molecule has 2 aliphatic rings. The van der Waals surface area contributed by atoms with Crippen molar-refractivity contribution in [1.82, 2.24) is 15.1 Å². The number of nitrogens with one attached hydrogen (secondary N) is 1. The molecule has 2 saturated heterocycles. The summed E-state index contributed by atoms with van der Waals surface area (Å²) in [6, 6.07) is 20.2. The van der Waals surface area contributed by atoms with Crippen LogP contribution in [0.1, 0.15) is 37.7 Å². The van der Waals surface area contributed by atoms with Crippen LogP contribution in [0.15, 0.2) is 60.7 Å². The lowest BCUT2D eigenvalue weighted by Crippen LogP contribution is -2.41. The molecule has 6 nitrogen and oxygen atoms in total. The van der Waals surface area contributed by atoms with Crippen molar-refractivity contribution in [3.8, 4) is 5.75 Å². The molecular formula is C27H35N3O3. The van der Waals surface area contributed by atoms with Gasteiger partial charge in [0, 0.05) is 45.2 Å². The first kappa shape index (κ1) is 23.3. The summed E-state index contributed by atoms with van der Waals surface area (Å²) >= 11 is 0. The lowest BCUT2D eigenvalue weighted by Gasteiger charge is -2.32. The molecule has 2 fully saturated rings. The molecular weight excluding hydrogens is 414 g/mol. The minimum absolute atomic E-state index is 0.0383. The van der Waals surface area contributed by atoms with Gasteiger partial charge < -0.3 is 15.0 Å². The number of nitrogens with zero attached hydrogens (tertiary/aromatic N) is 2. The summed E-state index contributed by atoms with van der Waals surface area (Å²) in [5.74, 6) is 1.43. The quantitative estimate of drug-likeness (QED) is 0.637. The normalized spacial score (nSPS) is 19.4. The molecule has 2 aromatic rings. The highest BCUT2D eigenvalue weighted by molar-refractivity contribution is 5.78. The number of carbonyl (C=O) groups is 2. The summed E-state index contributed by atoms with van der Waals surface area (Å²) in [5, 5.41) is 3.23. The lowest BCUT2D eigenvalue weighted by atomic mass is 9.92. The van der Waals surface area contributed by atoms with Crippen LogP contribution in [0, 0.1) is 5.92 Å². The lowest BCUT2D eigenvalue weighted by molar-refractivity contribution is -0.135. The van der Waals surface area contributed by atoms with Crippen LogP contribution in [0.3, 0.4) is 0 Å². The van der Waals surface area contributed by atoms with Crippen LogP contribution in [-0.4, -0.2) is 60.4 Å². The summed E-state index contributed by atoms with van der Waals surface area (Å²) in [5.41, 5.74) is 1.32. The van der Waals surface area contributed by atoms with Crippen molar-refractivity contribution in [2.45, 2.75) is 44.7 Å². The van der Waals surface area contributed by atoms with Crippen molar-refractivity contribution in [2.24, 2.45) is 5.92 Å². The van der Waals surface area contributed by atoms with Gasteiger partial charge in [0.05, 0.1) is 0 Å². The van der Waals surface area contributed by atoms with E-state index in [1.165, 1.54) is 5.56 Å². The minimum atomic E-state index is 0.0383. The molecule has 1 atom stereocenters. The molecule has 0 spiro atoms. The van der Waals surface area contributed by atoms with Crippen molar-refractivity contribution in [1.29, 1.82) is 0 Å². The number of rotatable bonds is 9. The Hall–Kier alpha value is -2.86.